The molecule has 68 valence electrons. The second kappa shape index (κ2) is 2.70. The number of pyridine rings is 1. The summed E-state index contributed by atoms with van der Waals surface area (Å²) in [5, 5.41) is 9.25. The van der Waals surface area contributed by atoms with Gasteiger partial charge in [-0.05, 0) is 0 Å². The smallest absolute Gasteiger partial charge is 0.342 e. The Balaban J connectivity index is 2.52. The summed E-state index contributed by atoms with van der Waals surface area (Å²) in [4.78, 5) is 14.8. The Kier molecular flexibility index (Phi) is 1.66. The quantitative estimate of drug-likeness (QED) is 0.629. The van der Waals surface area contributed by atoms with Gasteiger partial charge < -0.3 is 14.6 Å². The maximum absolute atomic E-state index is 11.0. The number of aliphatic hydroxyl groups excluding tert-OH is 1. The van der Waals surface area contributed by atoms with E-state index in [1.165, 1.54) is 19.4 Å². The van der Waals surface area contributed by atoms with Gasteiger partial charge in [0.15, 0.2) is 0 Å². The maximum Gasteiger partial charge on any atom is 0.342 e. The normalized spacial score (nSPS) is 19.5. The second-order valence-corrected chi connectivity index (χ2v) is 2.57. The zero-order chi connectivity index (χ0) is 9.42. The topological polar surface area (TPSA) is 68.7 Å². The third-order valence-electron chi connectivity index (χ3n) is 1.82. The predicted octanol–water partition coefficient (Wildman–Crippen LogP) is 0.252. The first-order chi connectivity index (χ1) is 6.22. The van der Waals surface area contributed by atoms with Gasteiger partial charge in [-0.1, -0.05) is 0 Å². The SMILES string of the molecule is COc1cc2c(cn1)C(=O)OC2O. The lowest BCUT2D eigenvalue weighted by molar-refractivity contribution is -0.0548. The van der Waals surface area contributed by atoms with Crippen LogP contribution in [-0.4, -0.2) is 23.2 Å². The van der Waals surface area contributed by atoms with Crippen LogP contribution in [0.15, 0.2) is 12.3 Å². The summed E-state index contributed by atoms with van der Waals surface area (Å²) in [6.45, 7) is 0. The van der Waals surface area contributed by atoms with Gasteiger partial charge in [-0.2, -0.15) is 0 Å². The van der Waals surface area contributed by atoms with Crippen molar-refractivity contribution >= 4 is 5.97 Å². The lowest BCUT2D eigenvalue weighted by Gasteiger charge is -2.02. The number of aliphatic hydroxyl groups is 1. The molecule has 1 N–H and O–H groups in total. The second-order valence-electron chi connectivity index (χ2n) is 2.57. The fourth-order valence-electron chi connectivity index (χ4n) is 1.17. The van der Waals surface area contributed by atoms with Crippen LogP contribution in [0.5, 0.6) is 5.88 Å². The first-order valence-electron chi connectivity index (χ1n) is 3.65. The highest BCUT2D eigenvalue weighted by atomic mass is 16.6. The van der Waals surface area contributed by atoms with E-state index >= 15 is 0 Å². The Morgan fingerprint density at radius 3 is 3.15 bits per heavy atom. The Hall–Kier alpha value is -1.62. The molecule has 0 bridgehead atoms. The number of carbonyl (C=O) groups is 1. The van der Waals surface area contributed by atoms with Gasteiger partial charge in [0.05, 0.1) is 12.7 Å². The van der Waals surface area contributed by atoms with Crippen molar-refractivity contribution in [2.75, 3.05) is 7.11 Å². The Labute approximate surface area is 73.9 Å². The minimum atomic E-state index is -1.20. The van der Waals surface area contributed by atoms with Gasteiger partial charge >= 0.3 is 5.97 Å². The molecule has 5 nitrogen and oxygen atoms in total. The van der Waals surface area contributed by atoms with Crippen molar-refractivity contribution in [3.05, 3.63) is 23.4 Å². The zero-order valence-corrected chi connectivity index (χ0v) is 6.85. The van der Waals surface area contributed by atoms with E-state index in [9.17, 15) is 9.90 Å². The van der Waals surface area contributed by atoms with Crippen LogP contribution in [-0.2, 0) is 4.74 Å². The van der Waals surface area contributed by atoms with Gasteiger partial charge in [0.1, 0.15) is 0 Å². The molecule has 0 fully saturated rings. The Morgan fingerprint density at radius 1 is 1.69 bits per heavy atom. The van der Waals surface area contributed by atoms with Gasteiger partial charge in [-0.15, -0.1) is 0 Å². The van der Waals surface area contributed by atoms with Crippen LogP contribution in [0.1, 0.15) is 22.2 Å². The first kappa shape index (κ1) is 8.00. The summed E-state index contributed by atoms with van der Waals surface area (Å²) >= 11 is 0. The number of cyclic esters (lactones) is 1. The van der Waals surface area contributed by atoms with E-state index in [-0.39, 0.29) is 5.56 Å². The molecule has 1 aromatic heterocycles. The maximum atomic E-state index is 11.0. The van der Waals surface area contributed by atoms with Gasteiger partial charge in [-0.25, -0.2) is 9.78 Å². The average molecular weight is 181 g/mol. The van der Waals surface area contributed by atoms with Gasteiger partial charge in [0.25, 0.3) is 0 Å². The molecule has 0 saturated carbocycles. The number of fused-ring (bicyclic) bond motifs is 1. The lowest BCUT2D eigenvalue weighted by Crippen LogP contribution is -1.95. The molecule has 13 heavy (non-hydrogen) atoms. The average Bonchev–Trinajstić information content (AvgIpc) is 2.42. The first-order valence-corrected chi connectivity index (χ1v) is 3.65. The summed E-state index contributed by atoms with van der Waals surface area (Å²) in [5.74, 6) is -0.214. The number of carbonyl (C=O) groups excluding carboxylic acids is 1. The molecule has 5 heteroatoms. The van der Waals surface area contributed by atoms with E-state index in [0.29, 0.717) is 11.4 Å². The van der Waals surface area contributed by atoms with E-state index in [1.807, 2.05) is 0 Å². The fraction of sp³-hybridized carbons (Fsp3) is 0.250. The van der Waals surface area contributed by atoms with E-state index in [4.69, 9.17) is 4.74 Å². The van der Waals surface area contributed by atoms with Crippen molar-refractivity contribution < 1.29 is 19.4 Å². The molecule has 1 aliphatic rings. The minimum absolute atomic E-state index is 0.285. The number of esters is 1. The molecule has 1 unspecified atom stereocenters. The van der Waals surface area contributed by atoms with Crippen molar-refractivity contribution in [1.82, 2.24) is 4.98 Å². The summed E-state index contributed by atoms with van der Waals surface area (Å²) < 4.78 is 9.39. The van der Waals surface area contributed by atoms with Crippen LogP contribution in [0.4, 0.5) is 0 Å². The van der Waals surface area contributed by atoms with Crippen LogP contribution in [0.3, 0.4) is 0 Å². The highest BCUT2D eigenvalue weighted by Crippen LogP contribution is 2.29. The number of nitrogens with zero attached hydrogens (tertiary/aromatic N) is 1. The summed E-state index contributed by atoms with van der Waals surface area (Å²) in [7, 11) is 1.46. The molecule has 0 aromatic carbocycles. The molecule has 2 rings (SSSR count). The largest absolute Gasteiger partial charge is 0.481 e. The predicted molar refractivity (Wildman–Crippen MR) is 41.2 cm³/mol. The molecule has 0 radical (unpaired) electrons. The third-order valence-corrected chi connectivity index (χ3v) is 1.82. The van der Waals surface area contributed by atoms with Crippen LogP contribution in [0.25, 0.3) is 0 Å². The monoisotopic (exact) mass is 181 g/mol. The lowest BCUT2D eigenvalue weighted by atomic mass is 10.2. The highest BCUT2D eigenvalue weighted by Gasteiger charge is 2.30. The van der Waals surface area contributed by atoms with Crippen molar-refractivity contribution in [2.45, 2.75) is 6.29 Å². The minimum Gasteiger partial charge on any atom is -0.481 e. The Morgan fingerprint density at radius 2 is 2.46 bits per heavy atom. The van der Waals surface area contributed by atoms with E-state index in [1.54, 1.807) is 0 Å². The molecular weight excluding hydrogens is 174 g/mol. The van der Waals surface area contributed by atoms with Crippen molar-refractivity contribution in [3.8, 4) is 5.88 Å². The molecule has 0 spiro atoms. The number of rotatable bonds is 1. The van der Waals surface area contributed by atoms with Crippen molar-refractivity contribution in [3.63, 3.8) is 0 Å². The standard InChI is InChI=1S/C8H7NO4/c1-12-6-2-4-5(3-9-6)8(11)13-7(4)10/h2-3,7,10H,1H3. The summed E-state index contributed by atoms with van der Waals surface area (Å²) in [5.41, 5.74) is 0.685. The molecule has 1 aliphatic heterocycles. The van der Waals surface area contributed by atoms with Crippen LogP contribution in [0.2, 0.25) is 0 Å². The van der Waals surface area contributed by atoms with E-state index in [2.05, 4.69) is 9.72 Å². The number of hydrogen-bond donors (Lipinski definition) is 1. The Bertz CT molecular complexity index is 363. The van der Waals surface area contributed by atoms with E-state index in [0.717, 1.165) is 0 Å². The molecule has 0 amide bonds. The fourth-order valence-corrected chi connectivity index (χ4v) is 1.17. The van der Waals surface area contributed by atoms with Crippen molar-refractivity contribution in [2.24, 2.45) is 0 Å². The number of ether oxygens (including phenoxy) is 2. The number of aromatic nitrogens is 1. The number of methoxy groups -OCH3 is 1. The molecule has 1 atom stereocenters. The molecule has 0 aliphatic carbocycles. The molecule has 1 aromatic rings. The van der Waals surface area contributed by atoms with Crippen LogP contribution < -0.4 is 4.74 Å². The van der Waals surface area contributed by atoms with Gasteiger partial charge in [0.2, 0.25) is 12.2 Å². The third kappa shape index (κ3) is 1.13. The van der Waals surface area contributed by atoms with Crippen LogP contribution in [0, 0.1) is 0 Å². The summed E-state index contributed by atoms with van der Waals surface area (Å²) in [6.07, 6.45) is 0.131. The van der Waals surface area contributed by atoms with E-state index < -0.39 is 12.3 Å². The molecular formula is C8H7NO4. The summed E-state index contributed by atoms with van der Waals surface area (Å²) in [6, 6.07) is 1.48. The zero-order valence-electron chi connectivity index (χ0n) is 6.85. The molecule has 0 saturated heterocycles. The van der Waals surface area contributed by atoms with Gasteiger partial charge in [0, 0.05) is 17.8 Å². The number of hydrogen-bond acceptors (Lipinski definition) is 5. The van der Waals surface area contributed by atoms with Crippen molar-refractivity contribution in [1.29, 1.82) is 0 Å². The van der Waals surface area contributed by atoms with Gasteiger partial charge in [-0.3, -0.25) is 0 Å². The van der Waals surface area contributed by atoms with Crippen LogP contribution >= 0.6 is 0 Å². The highest BCUT2D eigenvalue weighted by molar-refractivity contribution is 5.93. The molecule has 2 heterocycles.